The van der Waals surface area contributed by atoms with E-state index in [1.165, 1.54) is 10.1 Å². The largest absolute Gasteiger partial charge is 0.464 e. The van der Waals surface area contributed by atoms with Crippen molar-refractivity contribution in [3.8, 4) is 0 Å². The van der Waals surface area contributed by atoms with E-state index in [9.17, 15) is 14.7 Å². The van der Waals surface area contributed by atoms with E-state index in [4.69, 9.17) is 14.7 Å². The van der Waals surface area contributed by atoms with Gasteiger partial charge in [0.25, 0.3) is 0 Å². The Morgan fingerprint density at radius 2 is 1.85 bits per heavy atom. The number of hydrogen-bond donors (Lipinski definition) is 1. The third-order valence-corrected chi connectivity index (χ3v) is 7.48. The minimum atomic E-state index is -1.03. The van der Waals surface area contributed by atoms with Gasteiger partial charge in [-0.2, -0.15) is 0 Å². The summed E-state index contributed by atoms with van der Waals surface area (Å²) in [6.07, 6.45) is 7.36. The van der Waals surface area contributed by atoms with Crippen LogP contribution in [0, 0.1) is 0 Å². The number of imidazole rings is 1. The molecule has 0 aliphatic heterocycles. The second kappa shape index (κ2) is 11.3. The molecule has 1 aromatic carbocycles. The summed E-state index contributed by atoms with van der Waals surface area (Å²) in [7, 11) is 0. The van der Waals surface area contributed by atoms with Crippen LogP contribution in [0.5, 0.6) is 0 Å². The van der Waals surface area contributed by atoms with Gasteiger partial charge in [-0.25, -0.2) is 19.1 Å². The van der Waals surface area contributed by atoms with Gasteiger partial charge >= 0.3 is 12.2 Å². The van der Waals surface area contributed by atoms with Crippen LogP contribution in [0.15, 0.2) is 42.6 Å². The monoisotopic (exact) mass is 533 g/mol. The molecule has 0 saturated heterocycles. The Hall–Kier alpha value is -3.46. The molecule has 2 heterocycles. The highest BCUT2D eigenvalue weighted by atomic mass is 16.6. The summed E-state index contributed by atoms with van der Waals surface area (Å²) in [6.45, 7) is 7.49. The standard InChI is InChI=1S/C30H39N5O4/c1-30(2,3)39-29(38)34(22-15-16-22)19-7-6-18-33(25-14-8-10-21-11-9-17-31-27(21)25)20-26-32-23-12-4-5-13-24(23)35(26)28(36)37/h4-5,9,11-13,17,22,25H,6-8,10,14-16,18-20H2,1-3H3,(H,36,37). The maximum absolute atomic E-state index is 12.8. The van der Waals surface area contributed by atoms with Crippen molar-refractivity contribution in [1.82, 2.24) is 24.3 Å². The number of aromatic nitrogens is 3. The number of amides is 1. The fourth-order valence-electron chi connectivity index (χ4n) is 5.59. The van der Waals surface area contributed by atoms with Gasteiger partial charge < -0.3 is 14.7 Å². The van der Waals surface area contributed by atoms with Crippen molar-refractivity contribution >= 4 is 23.2 Å². The molecule has 1 unspecified atom stereocenters. The number of ether oxygens (including phenoxy) is 1. The lowest BCUT2D eigenvalue weighted by molar-refractivity contribution is 0.0228. The molecule has 2 aliphatic rings. The summed E-state index contributed by atoms with van der Waals surface area (Å²) in [5.41, 5.74) is 3.09. The molecule has 3 aromatic rings. The number of carbonyl (C=O) groups is 2. The number of benzene rings is 1. The fraction of sp³-hybridized carbons (Fsp3) is 0.533. The fourth-order valence-corrected chi connectivity index (χ4v) is 5.59. The second-order valence-corrected chi connectivity index (χ2v) is 11.7. The van der Waals surface area contributed by atoms with Crippen molar-refractivity contribution in [1.29, 1.82) is 0 Å². The van der Waals surface area contributed by atoms with E-state index < -0.39 is 11.7 Å². The molecule has 9 nitrogen and oxygen atoms in total. The molecular weight excluding hydrogens is 494 g/mol. The molecule has 208 valence electrons. The Kier molecular flexibility index (Phi) is 7.88. The van der Waals surface area contributed by atoms with E-state index in [1.807, 2.05) is 56.1 Å². The highest BCUT2D eigenvalue weighted by Gasteiger charge is 2.35. The van der Waals surface area contributed by atoms with Gasteiger partial charge in [0.1, 0.15) is 11.4 Å². The van der Waals surface area contributed by atoms with Crippen LogP contribution in [0.2, 0.25) is 0 Å². The molecule has 2 aliphatic carbocycles. The Bertz CT molecular complexity index is 1330. The normalized spacial score (nSPS) is 17.3. The predicted molar refractivity (Wildman–Crippen MR) is 149 cm³/mol. The van der Waals surface area contributed by atoms with Crippen molar-refractivity contribution in [3.63, 3.8) is 0 Å². The van der Waals surface area contributed by atoms with Gasteiger partial charge in [0.2, 0.25) is 0 Å². The zero-order valence-electron chi connectivity index (χ0n) is 23.2. The van der Waals surface area contributed by atoms with Gasteiger partial charge in [-0.15, -0.1) is 0 Å². The van der Waals surface area contributed by atoms with Gasteiger partial charge in [0.05, 0.1) is 29.3 Å². The van der Waals surface area contributed by atoms with Gasteiger partial charge in [0.15, 0.2) is 0 Å². The molecule has 1 amide bonds. The van der Waals surface area contributed by atoms with E-state index in [-0.39, 0.29) is 18.2 Å². The quantitative estimate of drug-likeness (QED) is 0.336. The number of pyridine rings is 1. The maximum atomic E-state index is 12.8. The molecule has 39 heavy (non-hydrogen) atoms. The number of carboxylic acid groups (broad SMARTS) is 1. The number of rotatable bonds is 9. The number of hydrogen-bond acceptors (Lipinski definition) is 6. The van der Waals surface area contributed by atoms with Crippen molar-refractivity contribution in [2.45, 2.75) is 89.9 Å². The Balaban J connectivity index is 1.34. The lowest BCUT2D eigenvalue weighted by Crippen LogP contribution is -2.39. The smallest absolute Gasteiger partial charge is 0.417 e. The van der Waals surface area contributed by atoms with Crippen LogP contribution < -0.4 is 0 Å². The Labute approximate surface area is 229 Å². The summed E-state index contributed by atoms with van der Waals surface area (Å²) in [4.78, 5) is 38.8. The third kappa shape index (κ3) is 6.41. The summed E-state index contributed by atoms with van der Waals surface area (Å²) < 4.78 is 6.97. The average molecular weight is 534 g/mol. The Morgan fingerprint density at radius 1 is 1.08 bits per heavy atom. The minimum absolute atomic E-state index is 0.0856. The molecule has 0 spiro atoms. The predicted octanol–water partition coefficient (Wildman–Crippen LogP) is 6.02. The van der Waals surface area contributed by atoms with Crippen LogP contribution in [-0.4, -0.2) is 66.4 Å². The first-order valence-corrected chi connectivity index (χ1v) is 14.1. The summed E-state index contributed by atoms with van der Waals surface area (Å²) in [5, 5.41) is 10.0. The van der Waals surface area contributed by atoms with Crippen LogP contribution in [0.3, 0.4) is 0 Å². The average Bonchev–Trinajstić information content (AvgIpc) is 3.65. The molecule has 1 N–H and O–H groups in total. The molecule has 0 bridgehead atoms. The maximum Gasteiger partial charge on any atom is 0.417 e. The van der Waals surface area contributed by atoms with Crippen molar-refractivity contribution in [3.05, 3.63) is 59.7 Å². The summed E-state index contributed by atoms with van der Waals surface area (Å²) in [5.74, 6) is 0.514. The minimum Gasteiger partial charge on any atom is -0.464 e. The molecule has 1 atom stereocenters. The second-order valence-electron chi connectivity index (χ2n) is 11.7. The van der Waals surface area contributed by atoms with E-state index in [0.717, 1.165) is 57.2 Å². The molecule has 5 rings (SSSR count). The first-order chi connectivity index (χ1) is 18.7. The topological polar surface area (TPSA) is 101 Å². The van der Waals surface area contributed by atoms with E-state index in [0.29, 0.717) is 29.9 Å². The van der Waals surface area contributed by atoms with Crippen LogP contribution in [0.1, 0.15) is 82.4 Å². The highest BCUT2D eigenvalue weighted by molar-refractivity contribution is 5.86. The molecule has 9 heteroatoms. The van der Waals surface area contributed by atoms with Crippen molar-refractivity contribution in [2.24, 2.45) is 0 Å². The van der Waals surface area contributed by atoms with E-state index in [2.05, 4.69) is 11.0 Å². The zero-order chi connectivity index (χ0) is 27.6. The number of para-hydroxylation sites is 2. The van der Waals surface area contributed by atoms with Crippen molar-refractivity contribution in [2.75, 3.05) is 13.1 Å². The SMILES string of the molecule is CC(C)(C)OC(=O)N(CCCCN(Cc1nc2ccccc2n1C(=O)O)C1CCCc2cccnc21)C1CC1. The Morgan fingerprint density at radius 3 is 2.59 bits per heavy atom. The van der Waals surface area contributed by atoms with Crippen molar-refractivity contribution < 1.29 is 19.4 Å². The summed E-state index contributed by atoms with van der Waals surface area (Å²) >= 11 is 0. The third-order valence-electron chi connectivity index (χ3n) is 7.48. The van der Waals surface area contributed by atoms with Gasteiger partial charge in [-0.1, -0.05) is 18.2 Å². The van der Waals surface area contributed by atoms with Gasteiger partial charge in [-0.3, -0.25) is 9.88 Å². The number of fused-ring (bicyclic) bond motifs is 2. The van der Waals surface area contributed by atoms with E-state index in [1.54, 1.807) is 6.07 Å². The first kappa shape index (κ1) is 27.1. The highest BCUT2D eigenvalue weighted by Crippen LogP contribution is 2.34. The number of nitrogens with zero attached hydrogens (tertiary/aromatic N) is 5. The first-order valence-electron chi connectivity index (χ1n) is 14.1. The van der Waals surface area contributed by atoms with Gasteiger partial charge in [-0.05, 0) is 96.0 Å². The lowest BCUT2D eigenvalue weighted by atomic mass is 9.90. The molecule has 0 radical (unpaired) electrons. The van der Waals surface area contributed by atoms with Gasteiger partial charge in [0, 0.05) is 18.8 Å². The zero-order valence-corrected chi connectivity index (χ0v) is 23.2. The van der Waals surface area contributed by atoms with Crippen LogP contribution >= 0.6 is 0 Å². The van der Waals surface area contributed by atoms with E-state index >= 15 is 0 Å². The summed E-state index contributed by atoms with van der Waals surface area (Å²) in [6, 6.07) is 11.9. The number of aryl methyl sites for hydroxylation is 1. The molecule has 2 aromatic heterocycles. The molecule has 1 fully saturated rings. The number of carbonyl (C=O) groups excluding carboxylic acids is 1. The molecular formula is C30H39N5O4. The molecule has 1 saturated carbocycles. The lowest BCUT2D eigenvalue weighted by Gasteiger charge is -2.35. The number of unbranched alkanes of at least 4 members (excludes halogenated alkanes) is 1. The van der Waals surface area contributed by atoms with Crippen LogP contribution in [-0.2, 0) is 17.7 Å². The van der Waals surface area contributed by atoms with Crippen LogP contribution in [0.25, 0.3) is 11.0 Å². The van der Waals surface area contributed by atoms with Crippen LogP contribution in [0.4, 0.5) is 9.59 Å².